The Balaban J connectivity index is 1.93. The number of amides is 1. The number of aryl methyl sites for hydroxylation is 1. The minimum absolute atomic E-state index is 0.0528. The maximum absolute atomic E-state index is 12.2. The number of ether oxygens (including phenoxy) is 1. The van der Waals surface area contributed by atoms with Crippen molar-refractivity contribution >= 4 is 17.4 Å². The second-order valence-electron chi connectivity index (χ2n) is 5.11. The van der Waals surface area contributed by atoms with Crippen LogP contribution >= 0.6 is 0 Å². The first-order valence-electron chi connectivity index (χ1n) is 7.03. The van der Waals surface area contributed by atoms with Crippen LogP contribution in [0.25, 0.3) is 0 Å². The van der Waals surface area contributed by atoms with Gasteiger partial charge >= 0.3 is 6.18 Å². The van der Waals surface area contributed by atoms with Gasteiger partial charge in [0.25, 0.3) is 0 Å². The number of aromatic nitrogens is 1. The topological polar surface area (TPSA) is 76.4 Å². The number of carbonyl (C=O) groups excluding carboxylic acids is 1. The molecule has 0 fully saturated rings. The van der Waals surface area contributed by atoms with Crippen molar-refractivity contribution in [1.29, 1.82) is 0 Å². The maximum atomic E-state index is 12.2. The zero-order valence-corrected chi connectivity index (χ0v) is 13.0. The van der Waals surface area contributed by atoms with Crippen molar-refractivity contribution in [3.8, 4) is 5.75 Å². The SMILES string of the molecule is Cc1cc(NC(=O)C(C)Nc2cccc(OCC(F)(F)F)c2)no1. The zero-order valence-electron chi connectivity index (χ0n) is 13.0. The molecule has 1 amide bonds. The molecule has 0 aliphatic rings. The van der Waals surface area contributed by atoms with Crippen LogP contribution in [0.1, 0.15) is 12.7 Å². The van der Waals surface area contributed by atoms with E-state index in [1.165, 1.54) is 18.2 Å². The highest BCUT2D eigenvalue weighted by atomic mass is 19.4. The number of benzene rings is 1. The van der Waals surface area contributed by atoms with Gasteiger partial charge in [-0.1, -0.05) is 11.2 Å². The third-order valence-corrected chi connectivity index (χ3v) is 2.89. The van der Waals surface area contributed by atoms with Gasteiger partial charge in [-0.15, -0.1) is 0 Å². The minimum Gasteiger partial charge on any atom is -0.484 e. The molecule has 1 heterocycles. The molecule has 2 N–H and O–H groups in total. The number of nitrogens with one attached hydrogen (secondary N) is 2. The molecule has 0 aliphatic carbocycles. The normalized spacial score (nSPS) is 12.5. The summed E-state index contributed by atoms with van der Waals surface area (Å²) in [5.74, 6) is 0.524. The van der Waals surface area contributed by atoms with E-state index in [1.807, 2.05) is 0 Å². The molecule has 0 saturated carbocycles. The van der Waals surface area contributed by atoms with Crippen LogP contribution in [0.3, 0.4) is 0 Å². The van der Waals surface area contributed by atoms with Crippen molar-refractivity contribution in [2.45, 2.75) is 26.1 Å². The Morgan fingerprint density at radius 3 is 2.75 bits per heavy atom. The molecule has 2 rings (SSSR count). The molecule has 1 unspecified atom stereocenters. The molecule has 2 aromatic rings. The molecular formula is C15H16F3N3O3. The summed E-state index contributed by atoms with van der Waals surface area (Å²) in [6, 6.07) is 6.84. The van der Waals surface area contributed by atoms with Crippen molar-refractivity contribution in [1.82, 2.24) is 5.16 Å². The molecule has 0 saturated heterocycles. The van der Waals surface area contributed by atoms with E-state index in [9.17, 15) is 18.0 Å². The Hall–Kier alpha value is -2.71. The predicted octanol–water partition coefficient (Wildman–Crippen LogP) is 3.36. The highest BCUT2D eigenvalue weighted by molar-refractivity contribution is 5.95. The van der Waals surface area contributed by atoms with Gasteiger partial charge in [0, 0.05) is 17.8 Å². The number of hydrogen-bond donors (Lipinski definition) is 2. The van der Waals surface area contributed by atoms with Crippen molar-refractivity contribution in [3.05, 3.63) is 36.1 Å². The van der Waals surface area contributed by atoms with Crippen LogP contribution in [-0.4, -0.2) is 29.9 Å². The van der Waals surface area contributed by atoms with E-state index in [4.69, 9.17) is 4.52 Å². The zero-order chi connectivity index (χ0) is 17.7. The smallest absolute Gasteiger partial charge is 0.422 e. The molecule has 24 heavy (non-hydrogen) atoms. The second kappa shape index (κ2) is 7.24. The predicted molar refractivity (Wildman–Crippen MR) is 80.9 cm³/mol. The van der Waals surface area contributed by atoms with Crippen LogP contribution in [0.5, 0.6) is 5.75 Å². The van der Waals surface area contributed by atoms with Gasteiger partial charge in [0.15, 0.2) is 12.4 Å². The Morgan fingerprint density at radius 2 is 2.12 bits per heavy atom. The number of halogens is 3. The molecule has 1 atom stereocenters. The maximum Gasteiger partial charge on any atom is 0.422 e. The third-order valence-electron chi connectivity index (χ3n) is 2.89. The Bertz CT molecular complexity index is 701. The average molecular weight is 343 g/mol. The lowest BCUT2D eigenvalue weighted by Crippen LogP contribution is -2.32. The van der Waals surface area contributed by atoms with E-state index in [0.717, 1.165) is 0 Å². The fourth-order valence-electron chi connectivity index (χ4n) is 1.82. The monoisotopic (exact) mass is 343 g/mol. The first-order valence-corrected chi connectivity index (χ1v) is 7.03. The van der Waals surface area contributed by atoms with Crippen LogP contribution in [0.4, 0.5) is 24.7 Å². The molecule has 6 nitrogen and oxygen atoms in total. The van der Waals surface area contributed by atoms with Gasteiger partial charge in [0.1, 0.15) is 17.6 Å². The van der Waals surface area contributed by atoms with Gasteiger partial charge in [-0.2, -0.15) is 13.2 Å². The minimum atomic E-state index is -4.41. The molecule has 0 aliphatic heterocycles. The number of hydrogen-bond acceptors (Lipinski definition) is 5. The van der Waals surface area contributed by atoms with E-state index in [1.54, 1.807) is 26.0 Å². The Morgan fingerprint density at radius 1 is 1.38 bits per heavy atom. The number of alkyl halides is 3. The summed E-state index contributed by atoms with van der Waals surface area (Å²) in [4.78, 5) is 12.0. The Labute approximate surface area is 136 Å². The summed E-state index contributed by atoms with van der Waals surface area (Å²) in [6.07, 6.45) is -4.41. The number of nitrogens with zero attached hydrogens (tertiary/aromatic N) is 1. The van der Waals surface area contributed by atoms with Gasteiger partial charge < -0.3 is 19.9 Å². The number of carbonyl (C=O) groups is 1. The van der Waals surface area contributed by atoms with Crippen LogP contribution in [0.2, 0.25) is 0 Å². The summed E-state index contributed by atoms with van der Waals surface area (Å²) in [5, 5.41) is 9.08. The Kier molecular flexibility index (Phi) is 5.32. The largest absolute Gasteiger partial charge is 0.484 e. The van der Waals surface area contributed by atoms with Crippen LogP contribution in [-0.2, 0) is 4.79 Å². The lowest BCUT2D eigenvalue weighted by Gasteiger charge is -2.15. The summed E-state index contributed by atoms with van der Waals surface area (Å²) < 4.78 is 46.0. The molecule has 1 aromatic carbocycles. The van der Waals surface area contributed by atoms with E-state index in [0.29, 0.717) is 11.4 Å². The van der Waals surface area contributed by atoms with Crippen LogP contribution < -0.4 is 15.4 Å². The molecule has 9 heteroatoms. The molecule has 0 bridgehead atoms. The van der Waals surface area contributed by atoms with Gasteiger partial charge in [-0.25, -0.2) is 0 Å². The van der Waals surface area contributed by atoms with Crippen molar-refractivity contribution in [3.63, 3.8) is 0 Å². The first kappa shape index (κ1) is 17.6. The van der Waals surface area contributed by atoms with Crippen molar-refractivity contribution < 1.29 is 27.2 Å². The number of rotatable bonds is 6. The van der Waals surface area contributed by atoms with Crippen LogP contribution in [0, 0.1) is 6.92 Å². The summed E-state index contributed by atoms with van der Waals surface area (Å²) in [7, 11) is 0. The van der Waals surface area contributed by atoms with Gasteiger partial charge in [0.2, 0.25) is 5.91 Å². The summed E-state index contributed by atoms with van der Waals surface area (Å²) >= 11 is 0. The quantitative estimate of drug-likeness (QED) is 0.841. The number of anilines is 2. The van der Waals surface area contributed by atoms with E-state index >= 15 is 0 Å². The van der Waals surface area contributed by atoms with Gasteiger partial charge in [-0.05, 0) is 26.0 Å². The fourth-order valence-corrected chi connectivity index (χ4v) is 1.82. The van der Waals surface area contributed by atoms with E-state index < -0.39 is 18.8 Å². The van der Waals surface area contributed by atoms with E-state index in [2.05, 4.69) is 20.5 Å². The molecule has 130 valence electrons. The standard InChI is InChI=1S/C15H16F3N3O3/c1-9-6-13(21-24-9)20-14(22)10(2)19-11-4-3-5-12(7-11)23-8-15(16,17)18/h3-7,10,19H,8H2,1-2H3,(H,20,21,22). The molecular weight excluding hydrogens is 327 g/mol. The fraction of sp³-hybridized carbons (Fsp3) is 0.333. The van der Waals surface area contributed by atoms with Crippen LogP contribution in [0.15, 0.2) is 34.9 Å². The summed E-state index contributed by atoms with van der Waals surface area (Å²) in [6.45, 7) is 1.92. The average Bonchev–Trinajstić information content (AvgIpc) is 2.90. The summed E-state index contributed by atoms with van der Waals surface area (Å²) in [5.41, 5.74) is 0.452. The van der Waals surface area contributed by atoms with Crippen molar-refractivity contribution in [2.24, 2.45) is 0 Å². The van der Waals surface area contributed by atoms with Crippen molar-refractivity contribution in [2.75, 3.05) is 17.2 Å². The first-order chi connectivity index (χ1) is 11.2. The van der Waals surface area contributed by atoms with Gasteiger partial charge in [-0.3, -0.25) is 4.79 Å². The lowest BCUT2D eigenvalue weighted by atomic mass is 10.2. The highest BCUT2D eigenvalue weighted by Gasteiger charge is 2.28. The van der Waals surface area contributed by atoms with E-state index in [-0.39, 0.29) is 17.5 Å². The lowest BCUT2D eigenvalue weighted by molar-refractivity contribution is -0.153. The van der Waals surface area contributed by atoms with Gasteiger partial charge in [0.05, 0.1) is 0 Å². The second-order valence-corrected chi connectivity index (χ2v) is 5.11. The molecule has 0 spiro atoms. The molecule has 0 radical (unpaired) electrons. The third kappa shape index (κ3) is 5.49. The molecule has 1 aromatic heterocycles. The highest BCUT2D eigenvalue weighted by Crippen LogP contribution is 2.22.